The maximum absolute atomic E-state index is 4.38. The van der Waals surface area contributed by atoms with Gasteiger partial charge < -0.3 is 0 Å². The highest BCUT2D eigenvalue weighted by Gasteiger charge is 2.40. The lowest BCUT2D eigenvalue weighted by Gasteiger charge is -2.32. The Morgan fingerprint density at radius 2 is 1.79 bits per heavy atom. The second-order valence-electron chi connectivity index (χ2n) is 13.0. The molecule has 0 amide bonds. The van der Waals surface area contributed by atoms with Crippen LogP contribution < -0.4 is 9.75 Å². The van der Waals surface area contributed by atoms with E-state index in [-0.39, 0.29) is 6.04 Å². The van der Waals surface area contributed by atoms with E-state index in [4.69, 9.17) is 0 Å². The van der Waals surface area contributed by atoms with Crippen LogP contribution in [-0.2, 0) is 12.8 Å². The van der Waals surface area contributed by atoms with E-state index in [0.29, 0.717) is 11.8 Å². The van der Waals surface area contributed by atoms with Gasteiger partial charge >= 0.3 is 0 Å². The first-order chi connectivity index (χ1) is 18.7. The van der Waals surface area contributed by atoms with Crippen LogP contribution >= 0.6 is 0 Å². The first-order valence-electron chi connectivity index (χ1n) is 14.9. The van der Waals surface area contributed by atoms with Gasteiger partial charge in [-0.1, -0.05) is 100 Å². The van der Waals surface area contributed by atoms with Crippen LogP contribution in [0.5, 0.6) is 0 Å². The third-order valence-corrected chi connectivity index (χ3v) is 11.0. The van der Waals surface area contributed by atoms with E-state index < -0.39 is 8.07 Å². The van der Waals surface area contributed by atoms with Gasteiger partial charge in [-0.3, -0.25) is 0 Å². The average molecular weight is 533 g/mol. The van der Waals surface area contributed by atoms with E-state index in [2.05, 4.69) is 124 Å². The lowest BCUT2D eigenvalue weighted by atomic mass is 9.78. The fourth-order valence-corrected chi connectivity index (χ4v) is 8.50. The molecule has 1 nitrogen and oxygen atoms in total. The molecule has 39 heavy (non-hydrogen) atoms. The minimum absolute atomic E-state index is 0.236. The summed E-state index contributed by atoms with van der Waals surface area (Å²) in [6.07, 6.45) is 15.9. The van der Waals surface area contributed by atoms with E-state index in [1.54, 1.807) is 10.8 Å². The molecule has 0 saturated heterocycles. The summed E-state index contributed by atoms with van der Waals surface area (Å²) in [5, 5.41) is 1.61. The molecule has 0 spiro atoms. The molecule has 3 aliphatic rings. The summed E-state index contributed by atoms with van der Waals surface area (Å²) in [5.74, 6) is 1.04. The van der Waals surface area contributed by atoms with Crippen molar-refractivity contribution >= 4 is 13.3 Å². The van der Waals surface area contributed by atoms with Crippen LogP contribution in [-0.4, -0.2) is 8.07 Å². The predicted molar refractivity (Wildman–Crippen MR) is 171 cm³/mol. The summed E-state index contributed by atoms with van der Waals surface area (Å²) in [5.41, 5.74) is 11.0. The van der Waals surface area contributed by atoms with Gasteiger partial charge in [-0.2, -0.15) is 4.57 Å². The molecule has 1 aliphatic heterocycles. The molecule has 2 aliphatic carbocycles. The van der Waals surface area contributed by atoms with Crippen LogP contribution in [0.25, 0.3) is 22.4 Å². The van der Waals surface area contributed by atoms with Gasteiger partial charge in [-0.05, 0) is 84.9 Å². The van der Waals surface area contributed by atoms with Gasteiger partial charge in [0, 0.05) is 11.3 Å². The number of nitrogens with zero attached hydrogens (tertiary/aromatic N) is 1. The second kappa shape index (κ2) is 11.3. The van der Waals surface area contributed by atoms with Crippen molar-refractivity contribution in [2.24, 2.45) is 5.92 Å². The lowest BCUT2D eigenvalue weighted by molar-refractivity contribution is -0.706. The Hall–Kier alpha value is -2.97. The summed E-state index contributed by atoms with van der Waals surface area (Å²) >= 11 is 0. The summed E-state index contributed by atoms with van der Waals surface area (Å²) in [7, 11) is -1.57. The highest BCUT2D eigenvalue weighted by Crippen LogP contribution is 2.43. The maximum Gasteiger partial charge on any atom is 0.213 e. The van der Waals surface area contributed by atoms with Crippen molar-refractivity contribution in [1.29, 1.82) is 0 Å². The number of hydrogen-bond donors (Lipinski definition) is 0. The number of aromatic nitrogens is 1. The number of allylic oxidation sites excluding steroid dienone is 4. The fourth-order valence-electron chi connectivity index (χ4n) is 6.84. The van der Waals surface area contributed by atoms with E-state index in [0.717, 1.165) is 25.7 Å². The molecule has 6 bridgehead atoms. The molecular formula is C37H46NSi+. The monoisotopic (exact) mass is 532 g/mol. The molecule has 2 aromatic carbocycles. The molecule has 1 aromatic heterocycles. The first kappa shape index (κ1) is 27.6. The van der Waals surface area contributed by atoms with Gasteiger partial charge in [0.1, 0.15) is 0 Å². The van der Waals surface area contributed by atoms with Crippen LogP contribution in [0.15, 0.2) is 91.7 Å². The lowest BCUT2D eigenvalue weighted by Crippen LogP contribution is -2.53. The van der Waals surface area contributed by atoms with Gasteiger partial charge in [-0.25, -0.2) is 0 Å². The first-order valence-corrected chi connectivity index (χ1v) is 18.4. The molecule has 3 unspecified atom stereocenters. The van der Waals surface area contributed by atoms with Crippen molar-refractivity contribution in [1.82, 2.24) is 0 Å². The van der Waals surface area contributed by atoms with E-state index in [1.165, 1.54) is 51.9 Å². The summed E-state index contributed by atoms with van der Waals surface area (Å²) in [4.78, 5) is 0. The third-order valence-electron chi connectivity index (χ3n) is 8.91. The maximum atomic E-state index is 4.38. The molecule has 3 aromatic rings. The minimum atomic E-state index is -1.57. The number of hydrogen-bond acceptors (Lipinski definition) is 0. The summed E-state index contributed by atoms with van der Waals surface area (Å²) < 4.78 is 2.59. The largest absolute Gasteiger partial charge is 0.213 e. The van der Waals surface area contributed by atoms with Crippen molar-refractivity contribution in [2.75, 3.05) is 0 Å². The van der Waals surface area contributed by atoms with Crippen LogP contribution in [0.2, 0.25) is 19.6 Å². The Balaban J connectivity index is 1.74. The molecule has 3 atom stereocenters. The van der Waals surface area contributed by atoms with Gasteiger partial charge in [0.05, 0.1) is 19.6 Å². The van der Waals surface area contributed by atoms with E-state index >= 15 is 0 Å². The zero-order valence-corrected chi connectivity index (χ0v) is 25.8. The average Bonchev–Trinajstić information content (AvgIpc) is 2.91. The van der Waals surface area contributed by atoms with Crippen molar-refractivity contribution in [2.45, 2.75) is 84.0 Å². The molecule has 202 valence electrons. The number of aryl methyl sites for hydroxylation is 1. The van der Waals surface area contributed by atoms with Crippen LogP contribution in [0.1, 0.15) is 68.2 Å². The molecule has 0 saturated carbocycles. The topological polar surface area (TPSA) is 3.88 Å². The highest BCUT2D eigenvalue weighted by molar-refractivity contribution is 6.89. The van der Waals surface area contributed by atoms with Crippen molar-refractivity contribution < 1.29 is 4.57 Å². The minimum Gasteiger partial charge on any atom is -0.191 e. The second-order valence-corrected chi connectivity index (χ2v) is 18.0. The van der Waals surface area contributed by atoms with Gasteiger partial charge in [0.2, 0.25) is 5.69 Å². The number of pyridine rings is 1. The molecule has 2 heteroatoms. The quantitative estimate of drug-likeness (QED) is 0.129. The Morgan fingerprint density at radius 3 is 2.49 bits per heavy atom. The Bertz CT molecular complexity index is 1400. The van der Waals surface area contributed by atoms with Crippen molar-refractivity contribution in [3.8, 4) is 22.4 Å². The standard InChI is InChI=1S/C37H46NSi/c1-8-11-26(3)14-20-33-32-21-19-30-23-34(32)36-24-31(37(39(5,6)7)25-38(36)35(33)9-2)22-27(4)12-10-13-28-15-17-29(30)18-16-28/h8-9,11,15-19,21,23-25,27,33,35H,2-3,10,12-14,20,22H2,1,4-7H3/q+1/b11-8-. The number of benzene rings is 2. The zero-order valence-electron chi connectivity index (χ0n) is 24.8. The van der Waals surface area contributed by atoms with Crippen LogP contribution in [0.4, 0.5) is 0 Å². The molecule has 0 fully saturated rings. The highest BCUT2D eigenvalue weighted by atomic mass is 28.3. The molecule has 6 rings (SSSR count). The Morgan fingerprint density at radius 1 is 1.05 bits per heavy atom. The Kier molecular flexibility index (Phi) is 7.96. The Labute approximate surface area is 238 Å². The van der Waals surface area contributed by atoms with E-state index in [9.17, 15) is 0 Å². The molecule has 2 heterocycles. The normalized spacial score (nSPS) is 20.6. The van der Waals surface area contributed by atoms with Gasteiger partial charge in [0.25, 0.3) is 0 Å². The molecule has 0 N–H and O–H groups in total. The van der Waals surface area contributed by atoms with Crippen molar-refractivity contribution in [3.05, 3.63) is 108 Å². The fraction of sp³-hybridized carbons (Fsp3) is 0.378. The molecular weight excluding hydrogens is 487 g/mol. The third kappa shape index (κ3) is 5.68. The summed E-state index contributed by atoms with van der Waals surface area (Å²) in [6, 6.07) is 19.3. The smallest absolute Gasteiger partial charge is 0.191 e. The SMILES string of the molecule is C=CC1C(CCC(=C)/C=C\C)c2ccc3cc2-c2cc(c([Si](C)(C)C)c[n+]21)CC(C)CCCc1ccc-3cc1. The van der Waals surface area contributed by atoms with Crippen molar-refractivity contribution in [3.63, 3.8) is 0 Å². The van der Waals surface area contributed by atoms with Gasteiger partial charge in [0.15, 0.2) is 12.2 Å². The summed E-state index contributed by atoms with van der Waals surface area (Å²) in [6.45, 7) is 20.7. The van der Waals surface area contributed by atoms with Crippen LogP contribution in [0, 0.1) is 5.92 Å². The number of fused-ring (bicyclic) bond motifs is 6. The zero-order chi connectivity index (χ0) is 27.7. The van der Waals surface area contributed by atoms with E-state index in [1.807, 2.05) is 0 Å². The molecule has 0 radical (unpaired) electrons. The number of rotatable bonds is 6. The van der Waals surface area contributed by atoms with Gasteiger partial charge in [-0.15, -0.1) is 0 Å². The van der Waals surface area contributed by atoms with Crippen LogP contribution in [0.3, 0.4) is 0 Å². The predicted octanol–water partition coefficient (Wildman–Crippen LogP) is 9.11.